The van der Waals surface area contributed by atoms with Gasteiger partial charge in [-0.05, 0) is 55.4 Å². The fraction of sp³-hybridized carbons (Fsp3) is 0.577. The number of fused-ring (bicyclic) bond motifs is 3. The number of carbonyl (C=O) groups excluding carboxylic acids is 1. The van der Waals surface area contributed by atoms with E-state index in [-0.39, 0.29) is 5.54 Å². The third kappa shape index (κ3) is 3.72. The van der Waals surface area contributed by atoms with Crippen LogP contribution in [0.2, 0.25) is 0 Å². The van der Waals surface area contributed by atoms with Gasteiger partial charge < -0.3 is 26.2 Å². The van der Waals surface area contributed by atoms with Crippen LogP contribution in [-0.4, -0.2) is 64.2 Å². The summed E-state index contributed by atoms with van der Waals surface area (Å²) in [5, 5.41) is 6.34. The Labute approximate surface area is 213 Å². The molecule has 9 nitrogen and oxygen atoms in total. The van der Waals surface area contributed by atoms with Gasteiger partial charge >= 0.3 is 6.03 Å². The Hall–Kier alpha value is -2.88. The highest BCUT2D eigenvalue weighted by Gasteiger charge is 2.43. The van der Waals surface area contributed by atoms with E-state index in [0.717, 1.165) is 62.0 Å². The quantitative estimate of drug-likeness (QED) is 0.546. The van der Waals surface area contributed by atoms with Crippen molar-refractivity contribution in [1.82, 2.24) is 15.3 Å². The van der Waals surface area contributed by atoms with Crippen LogP contribution in [0.5, 0.6) is 0 Å². The number of amides is 2. The summed E-state index contributed by atoms with van der Waals surface area (Å²) < 4.78 is 12.8. The number of anilines is 3. The van der Waals surface area contributed by atoms with E-state index < -0.39 is 16.8 Å². The standard InChI is InChI=1S/C26H33N7O2S/c27-24(34)28-15-26(7-1-8-26)31-23-22-21(6-9-36(22)35)29-25(30-23)33-13-18-11-32(12-19(18)14-33)20-5-4-16-2-3-17(16)10-20/h4-5,10,18-19H,1-3,6-9,11-15H2,(H3,27,28,34)(H,29,30,31). The molecular formula is C26H33N7O2S. The molecule has 0 spiro atoms. The third-order valence-corrected chi connectivity index (χ3v) is 10.4. The zero-order valence-corrected chi connectivity index (χ0v) is 21.3. The maximum Gasteiger partial charge on any atom is 0.312 e. The molecule has 0 radical (unpaired) electrons. The first-order valence-corrected chi connectivity index (χ1v) is 14.5. The molecule has 3 unspecified atom stereocenters. The van der Waals surface area contributed by atoms with E-state index in [1.54, 1.807) is 0 Å². The van der Waals surface area contributed by atoms with Crippen LogP contribution < -0.4 is 26.2 Å². The normalized spacial score (nSPS) is 27.1. The molecule has 4 heterocycles. The number of hydrogen-bond donors (Lipinski definition) is 3. The molecule has 7 rings (SSSR count). The van der Waals surface area contributed by atoms with Crippen LogP contribution in [0.3, 0.4) is 0 Å². The van der Waals surface area contributed by atoms with Gasteiger partial charge in [-0.3, -0.25) is 4.21 Å². The summed E-state index contributed by atoms with van der Waals surface area (Å²) >= 11 is 0. The largest absolute Gasteiger partial charge is 0.371 e. The predicted molar refractivity (Wildman–Crippen MR) is 140 cm³/mol. The second kappa shape index (κ2) is 8.33. The average Bonchev–Trinajstić information content (AvgIpc) is 3.49. The minimum Gasteiger partial charge on any atom is -0.371 e. The fourth-order valence-electron chi connectivity index (χ4n) is 6.61. The Kier molecular flexibility index (Phi) is 5.16. The Morgan fingerprint density at radius 3 is 2.44 bits per heavy atom. The van der Waals surface area contributed by atoms with Gasteiger partial charge in [0.1, 0.15) is 10.7 Å². The number of hydrogen-bond acceptors (Lipinski definition) is 7. The van der Waals surface area contributed by atoms with Crippen molar-refractivity contribution in [3.63, 3.8) is 0 Å². The van der Waals surface area contributed by atoms with E-state index in [2.05, 4.69) is 38.6 Å². The van der Waals surface area contributed by atoms with Crippen LogP contribution in [-0.2, 0) is 30.1 Å². The number of rotatable bonds is 6. The van der Waals surface area contributed by atoms with E-state index in [9.17, 15) is 9.00 Å². The van der Waals surface area contributed by atoms with E-state index in [1.807, 2.05) is 0 Å². The van der Waals surface area contributed by atoms with Gasteiger partial charge in [0.2, 0.25) is 5.95 Å². The molecule has 0 bridgehead atoms. The molecule has 10 heteroatoms. The molecule has 2 aliphatic carbocycles. The molecule has 5 aliphatic rings. The molecule has 1 aromatic heterocycles. The first kappa shape index (κ1) is 22.3. The van der Waals surface area contributed by atoms with Crippen LogP contribution in [0.4, 0.5) is 22.2 Å². The molecule has 2 aromatic rings. The van der Waals surface area contributed by atoms with Crippen molar-refractivity contribution in [1.29, 1.82) is 0 Å². The second-order valence-corrected chi connectivity index (χ2v) is 12.7. The number of urea groups is 1. The van der Waals surface area contributed by atoms with Gasteiger partial charge in [0.15, 0.2) is 0 Å². The van der Waals surface area contributed by atoms with Gasteiger partial charge in [0.25, 0.3) is 0 Å². The summed E-state index contributed by atoms with van der Waals surface area (Å²) in [4.78, 5) is 26.8. The van der Waals surface area contributed by atoms with Gasteiger partial charge in [-0.2, -0.15) is 4.98 Å². The lowest BCUT2D eigenvalue weighted by atomic mass is 9.76. The van der Waals surface area contributed by atoms with Crippen LogP contribution >= 0.6 is 0 Å². The average molecular weight is 508 g/mol. The zero-order chi connectivity index (χ0) is 24.4. The lowest BCUT2D eigenvalue weighted by Gasteiger charge is -2.43. The zero-order valence-electron chi connectivity index (χ0n) is 20.5. The van der Waals surface area contributed by atoms with Gasteiger partial charge in [0, 0.05) is 62.4 Å². The highest BCUT2D eigenvalue weighted by atomic mass is 32.2. The number of nitrogens with two attached hydrogens (primary N) is 1. The second-order valence-electron chi connectivity index (χ2n) is 11.2. The van der Waals surface area contributed by atoms with Gasteiger partial charge in [-0.25, -0.2) is 9.78 Å². The number of carbonyl (C=O) groups is 1. The van der Waals surface area contributed by atoms with E-state index in [0.29, 0.717) is 36.4 Å². The van der Waals surface area contributed by atoms with E-state index in [4.69, 9.17) is 15.7 Å². The van der Waals surface area contributed by atoms with E-state index in [1.165, 1.54) is 29.7 Å². The van der Waals surface area contributed by atoms with Crippen molar-refractivity contribution in [2.45, 2.75) is 49.0 Å². The van der Waals surface area contributed by atoms with Crippen molar-refractivity contribution in [3.05, 3.63) is 35.0 Å². The lowest BCUT2D eigenvalue weighted by molar-refractivity contribution is 0.233. The van der Waals surface area contributed by atoms with Crippen LogP contribution in [0.25, 0.3) is 0 Å². The maximum absolute atomic E-state index is 12.8. The molecule has 4 N–H and O–H groups in total. The molecule has 2 saturated heterocycles. The number of aryl methyl sites for hydroxylation is 3. The number of primary amides is 1. The first-order valence-electron chi connectivity index (χ1n) is 13.2. The third-order valence-electron chi connectivity index (χ3n) is 8.96. The Morgan fingerprint density at radius 2 is 1.81 bits per heavy atom. The maximum atomic E-state index is 12.8. The SMILES string of the molecule is NC(=O)NCC1(Nc2nc(N3CC4CN(c5ccc6c(c5)CC6)CC4C3)nc3c2S(=O)CC3)CCC1. The molecule has 1 aromatic carbocycles. The Morgan fingerprint density at radius 1 is 1.06 bits per heavy atom. The molecule has 36 heavy (non-hydrogen) atoms. The molecule has 2 amide bonds. The summed E-state index contributed by atoms with van der Waals surface area (Å²) in [7, 11) is -1.10. The Bertz CT molecular complexity index is 1250. The van der Waals surface area contributed by atoms with Crippen LogP contribution in [0.15, 0.2) is 23.1 Å². The van der Waals surface area contributed by atoms with Crippen molar-refractivity contribution in [2.75, 3.05) is 53.6 Å². The van der Waals surface area contributed by atoms with Crippen molar-refractivity contribution in [3.8, 4) is 0 Å². The summed E-state index contributed by atoms with van der Waals surface area (Å²) in [6, 6.07) is 6.46. The fourth-order valence-corrected chi connectivity index (χ4v) is 7.92. The number of aromatic nitrogens is 2. The molecule has 3 atom stereocenters. The smallest absolute Gasteiger partial charge is 0.312 e. The first-order chi connectivity index (χ1) is 17.5. The van der Waals surface area contributed by atoms with Crippen LogP contribution in [0.1, 0.15) is 36.1 Å². The minimum atomic E-state index is -1.10. The lowest BCUT2D eigenvalue weighted by Crippen LogP contribution is -2.54. The highest BCUT2D eigenvalue weighted by molar-refractivity contribution is 7.85. The van der Waals surface area contributed by atoms with Crippen LogP contribution in [0, 0.1) is 11.8 Å². The monoisotopic (exact) mass is 507 g/mol. The van der Waals surface area contributed by atoms with E-state index >= 15 is 0 Å². The summed E-state index contributed by atoms with van der Waals surface area (Å²) in [6.45, 7) is 4.48. The highest BCUT2D eigenvalue weighted by Crippen LogP contribution is 2.40. The molecule has 190 valence electrons. The summed E-state index contributed by atoms with van der Waals surface area (Å²) in [5.41, 5.74) is 10.3. The Balaban J connectivity index is 1.10. The van der Waals surface area contributed by atoms with Gasteiger partial charge in [-0.15, -0.1) is 0 Å². The molecule has 3 fully saturated rings. The minimum absolute atomic E-state index is 0.291. The van der Waals surface area contributed by atoms with Crippen molar-refractivity contribution >= 4 is 34.3 Å². The number of benzene rings is 1. The predicted octanol–water partition coefficient (Wildman–Crippen LogP) is 1.81. The summed E-state index contributed by atoms with van der Waals surface area (Å²) in [6.07, 6.45) is 6.07. The molecular weight excluding hydrogens is 474 g/mol. The van der Waals surface area contributed by atoms with Crippen molar-refractivity contribution in [2.24, 2.45) is 17.6 Å². The molecule has 1 saturated carbocycles. The number of nitrogens with one attached hydrogen (secondary N) is 2. The summed E-state index contributed by atoms with van der Waals surface area (Å²) in [5.74, 6) is 3.20. The molecule has 3 aliphatic heterocycles. The van der Waals surface area contributed by atoms with Gasteiger partial charge in [-0.1, -0.05) is 6.07 Å². The van der Waals surface area contributed by atoms with Gasteiger partial charge in [0.05, 0.1) is 22.0 Å². The van der Waals surface area contributed by atoms with Crippen molar-refractivity contribution < 1.29 is 9.00 Å². The number of nitrogens with zero attached hydrogens (tertiary/aromatic N) is 4. The topological polar surface area (TPSA) is 116 Å².